The lowest BCUT2D eigenvalue weighted by Gasteiger charge is -2.34. The number of nitrogens with one attached hydrogen (secondary N) is 1. The van der Waals surface area contributed by atoms with Crippen molar-refractivity contribution in [1.82, 2.24) is 5.32 Å². The van der Waals surface area contributed by atoms with Crippen LogP contribution in [0.5, 0.6) is 0 Å². The summed E-state index contributed by atoms with van der Waals surface area (Å²) in [4.78, 5) is 0. The molecule has 102 valence electrons. The van der Waals surface area contributed by atoms with Gasteiger partial charge in [-0.15, -0.1) is 0 Å². The molecule has 1 fully saturated rings. The lowest BCUT2D eigenvalue weighted by Crippen LogP contribution is -2.43. The first-order chi connectivity index (χ1) is 8.27. The first-order valence-electron chi connectivity index (χ1n) is 7.56. The molecule has 0 heterocycles. The van der Waals surface area contributed by atoms with Crippen LogP contribution in [0, 0.1) is 5.92 Å². The SMILES string of the molecule is CCCCCCCOC1CC(C)CCC1NC. The molecule has 1 aliphatic carbocycles. The molecule has 2 nitrogen and oxygen atoms in total. The Hall–Kier alpha value is -0.0800. The fourth-order valence-electron chi connectivity index (χ4n) is 2.78. The zero-order chi connectivity index (χ0) is 12.5. The van der Waals surface area contributed by atoms with Crippen molar-refractivity contribution < 1.29 is 4.74 Å². The highest BCUT2D eigenvalue weighted by Crippen LogP contribution is 2.26. The fourth-order valence-corrected chi connectivity index (χ4v) is 2.78. The van der Waals surface area contributed by atoms with Crippen LogP contribution in [0.15, 0.2) is 0 Å². The number of ether oxygens (including phenoxy) is 1. The number of unbranched alkanes of at least 4 members (excludes halogenated alkanes) is 4. The highest BCUT2D eigenvalue weighted by molar-refractivity contribution is 4.83. The van der Waals surface area contributed by atoms with E-state index in [-0.39, 0.29) is 0 Å². The number of hydrogen-bond donors (Lipinski definition) is 1. The van der Waals surface area contributed by atoms with Crippen LogP contribution in [0.25, 0.3) is 0 Å². The number of hydrogen-bond acceptors (Lipinski definition) is 2. The van der Waals surface area contributed by atoms with E-state index in [1.54, 1.807) is 0 Å². The molecule has 0 aromatic heterocycles. The van der Waals surface area contributed by atoms with Crippen molar-refractivity contribution in [3.8, 4) is 0 Å². The van der Waals surface area contributed by atoms with Crippen LogP contribution < -0.4 is 5.32 Å². The zero-order valence-corrected chi connectivity index (χ0v) is 12.0. The second kappa shape index (κ2) is 8.93. The molecule has 1 saturated carbocycles. The summed E-state index contributed by atoms with van der Waals surface area (Å²) < 4.78 is 6.07. The van der Waals surface area contributed by atoms with Crippen molar-refractivity contribution in [2.75, 3.05) is 13.7 Å². The molecule has 0 spiro atoms. The van der Waals surface area contributed by atoms with E-state index in [4.69, 9.17) is 4.74 Å². The molecule has 0 aromatic rings. The Labute approximate surface area is 108 Å². The van der Waals surface area contributed by atoms with Crippen LogP contribution in [-0.2, 0) is 4.74 Å². The van der Waals surface area contributed by atoms with Crippen LogP contribution in [0.1, 0.15) is 65.2 Å². The van der Waals surface area contributed by atoms with Gasteiger partial charge in [-0.2, -0.15) is 0 Å². The third kappa shape index (κ3) is 5.87. The van der Waals surface area contributed by atoms with Gasteiger partial charge in [0.15, 0.2) is 0 Å². The Bertz CT molecular complexity index is 184. The summed E-state index contributed by atoms with van der Waals surface area (Å²) in [5.41, 5.74) is 0. The quantitative estimate of drug-likeness (QED) is 0.653. The zero-order valence-electron chi connectivity index (χ0n) is 12.0. The molecule has 1 aliphatic rings. The van der Waals surface area contributed by atoms with E-state index in [9.17, 15) is 0 Å². The highest BCUT2D eigenvalue weighted by Gasteiger charge is 2.27. The second-order valence-electron chi connectivity index (χ2n) is 5.64. The minimum absolute atomic E-state index is 0.454. The first-order valence-corrected chi connectivity index (χ1v) is 7.56. The molecular weight excluding hydrogens is 210 g/mol. The van der Waals surface area contributed by atoms with Gasteiger partial charge in [0.05, 0.1) is 6.10 Å². The monoisotopic (exact) mass is 241 g/mol. The fraction of sp³-hybridized carbons (Fsp3) is 1.00. The lowest BCUT2D eigenvalue weighted by atomic mass is 9.85. The van der Waals surface area contributed by atoms with Gasteiger partial charge in [-0.05, 0) is 38.6 Å². The van der Waals surface area contributed by atoms with Gasteiger partial charge in [0, 0.05) is 12.6 Å². The van der Waals surface area contributed by atoms with Crippen molar-refractivity contribution >= 4 is 0 Å². The topological polar surface area (TPSA) is 21.3 Å². The predicted molar refractivity (Wildman–Crippen MR) is 74.4 cm³/mol. The Kier molecular flexibility index (Phi) is 7.87. The van der Waals surface area contributed by atoms with E-state index in [2.05, 4.69) is 26.2 Å². The molecule has 0 amide bonds. The van der Waals surface area contributed by atoms with Gasteiger partial charge in [0.25, 0.3) is 0 Å². The largest absolute Gasteiger partial charge is 0.377 e. The Morgan fingerprint density at radius 3 is 2.59 bits per heavy atom. The Balaban J connectivity index is 2.10. The maximum Gasteiger partial charge on any atom is 0.0730 e. The molecule has 0 bridgehead atoms. The van der Waals surface area contributed by atoms with Crippen LogP contribution >= 0.6 is 0 Å². The van der Waals surface area contributed by atoms with Gasteiger partial charge in [-0.3, -0.25) is 0 Å². The predicted octanol–water partition coefficient (Wildman–Crippen LogP) is 3.75. The van der Waals surface area contributed by atoms with Gasteiger partial charge in [-0.25, -0.2) is 0 Å². The number of rotatable bonds is 8. The van der Waals surface area contributed by atoms with Crippen molar-refractivity contribution in [2.24, 2.45) is 5.92 Å². The third-order valence-corrected chi connectivity index (χ3v) is 4.00. The molecule has 0 radical (unpaired) electrons. The summed E-state index contributed by atoms with van der Waals surface area (Å²) in [7, 11) is 2.07. The minimum atomic E-state index is 0.454. The highest BCUT2D eigenvalue weighted by atomic mass is 16.5. The van der Waals surface area contributed by atoms with Crippen LogP contribution in [0.4, 0.5) is 0 Å². The maximum absolute atomic E-state index is 6.07. The Morgan fingerprint density at radius 2 is 1.88 bits per heavy atom. The maximum atomic E-state index is 6.07. The summed E-state index contributed by atoms with van der Waals surface area (Å²) >= 11 is 0. The number of likely N-dealkylation sites (N-methyl/N-ethyl adjacent to an activating group) is 1. The average molecular weight is 241 g/mol. The van der Waals surface area contributed by atoms with E-state index in [1.807, 2.05) is 0 Å². The molecule has 1 rings (SSSR count). The molecule has 3 atom stereocenters. The van der Waals surface area contributed by atoms with Crippen LogP contribution in [-0.4, -0.2) is 25.8 Å². The lowest BCUT2D eigenvalue weighted by molar-refractivity contribution is -0.00722. The molecule has 17 heavy (non-hydrogen) atoms. The molecule has 2 heteroatoms. The summed E-state index contributed by atoms with van der Waals surface area (Å²) in [5.74, 6) is 0.838. The smallest absolute Gasteiger partial charge is 0.0730 e. The van der Waals surface area contributed by atoms with Gasteiger partial charge < -0.3 is 10.1 Å². The molecule has 0 aliphatic heterocycles. The molecule has 1 N–H and O–H groups in total. The third-order valence-electron chi connectivity index (χ3n) is 4.00. The average Bonchev–Trinajstić information content (AvgIpc) is 2.34. The summed E-state index contributed by atoms with van der Waals surface area (Å²) in [6.07, 6.45) is 11.0. The van der Waals surface area contributed by atoms with Gasteiger partial charge in [-0.1, -0.05) is 39.5 Å². The van der Waals surface area contributed by atoms with E-state index >= 15 is 0 Å². The van der Waals surface area contributed by atoms with E-state index < -0.39 is 0 Å². The molecular formula is C15H31NO. The van der Waals surface area contributed by atoms with Crippen LogP contribution in [0.2, 0.25) is 0 Å². The van der Waals surface area contributed by atoms with E-state index in [0.29, 0.717) is 12.1 Å². The summed E-state index contributed by atoms with van der Waals surface area (Å²) in [6, 6.07) is 0.585. The minimum Gasteiger partial charge on any atom is -0.377 e. The van der Waals surface area contributed by atoms with Crippen molar-refractivity contribution in [2.45, 2.75) is 77.4 Å². The van der Waals surface area contributed by atoms with Gasteiger partial charge >= 0.3 is 0 Å². The van der Waals surface area contributed by atoms with Gasteiger partial charge in [0.1, 0.15) is 0 Å². The first kappa shape index (κ1) is 15.0. The van der Waals surface area contributed by atoms with E-state index in [0.717, 1.165) is 12.5 Å². The van der Waals surface area contributed by atoms with Gasteiger partial charge in [0.2, 0.25) is 0 Å². The summed E-state index contributed by atoms with van der Waals surface area (Å²) in [6.45, 7) is 5.57. The standard InChI is InChI=1S/C15H31NO/c1-4-5-6-7-8-11-17-15-12-13(2)9-10-14(15)16-3/h13-16H,4-12H2,1-3H3. The second-order valence-corrected chi connectivity index (χ2v) is 5.64. The van der Waals surface area contributed by atoms with Crippen molar-refractivity contribution in [3.05, 3.63) is 0 Å². The van der Waals surface area contributed by atoms with E-state index in [1.165, 1.54) is 51.4 Å². The molecule has 3 unspecified atom stereocenters. The Morgan fingerprint density at radius 1 is 1.12 bits per heavy atom. The summed E-state index contributed by atoms with van der Waals surface area (Å²) in [5, 5.41) is 3.41. The van der Waals surface area contributed by atoms with Crippen molar-refractivity contribution in [1.29, 1.82) is 0 Å². The molecule has 0 aromatic carbocycles. The molecule has 0 saturated heterocycles. The van der Waals surface area contributed by atoms with Crippen LogP contribution in [0.3, 0.4) is 0 Å². The normalized spacial score (nSPS) is 29.5. The van der Waals surface area contributed by atoms with Crippen molar-refractivity contribution in [3.63, 3.8) is 0 Å².